The molecule has 0 amide bonds. The fourth-order valence-electron chi connectivity index (χ4n) is 1.87. The molecule has 112 valence electrons. The van der Waals surface area contributed by atoms with Crippen LogP contribution in [0.25, 0.3) is 0 Å². The average Bonchev–Trinajstić information content (AvgIpc) is 2.54. The lowest BCUT2D eigenvalue weighted by atomic mass is 10.0. The van der Waals surface area contributed by atoms with Gasteiger partial charge in [0.1, 0.15) is 5.75 Å². The first-order valence-corrected chi connectivity index (χ1v) is 7.57. The first kappa shape index (κ1) is 17.0. The Balaban J connectivity index is 0.000000315. The van der Waals surface area contributed by atoms with Crippen molar-refractivity contribution in [2.45, 2.75) is 39.5 Å². The summed E-state index contributed by atoms with van der Waals surface area (Å²) in [5, 5.41) is 9.10. The molecule has 0 unspecified atom stereocenters. The third-order valence-electron chi connectivity index (χ3n) is 3.12. The molecule has 0 saturated heterocycles. The zero-order chi connectivity index (χ0) is 15.5. The van der Waals surface area contributed by atoms with Crippen LogP contribution in [0.4, 0.5) is 0 Å². The van der Waals surface area contributed by atoms with E-state index in [9.17, 15) is 4.79 Å². The molecule has 1 N–H and O–H groups in total. The third kappa shape index (κ3) is 6.26. The van der Waals surface area contributed by atoms with Crippen molar-refractivity contribution in [3.63, 3.8) is 0 Å². The van der Waals surface area contributed by atoms with Crippen molar-refractivity contribution in [2.24, 2.45) is 0 Å². The van der Waals surface area contributed by atoms with E-state index in [0.29, 0.717) is 11.1 Å². The molecule has 0 saturated carbocycles. The molecule has 0 aliphatic heterocycles. The second kappa shape index (κ2) is 9.76. The van der Waals surface area contributed by atoms with E-state index in [4.69, 9.17) is 5.11 Å². The molecule has 21 heavy (non-hydrogen) atoms. The summed E-state index contributed by atoms with van der Waals surface area (Å²) in [6.45, 7) is 4.46. The van der Waals surface area contributed by atoms with E-state index in [1.54, 1.807) is 24.3 Å². The highest BCUT2D eigenvalue weighted by atomic mass is 16.3. The fraction of sp³-hybridized carbons (Fsp3) is 0.316. The Kier molecular flexibility index (Phi) is 7.88. The van der Waals surface area contributed by atoms with Crippen molar-refractivity contribution in [1.29, 1.82) is 0 Å². The first-order chi connectivity index (χ1) is 10.2. The Hall–Kier alpha value is -2.09. The van der Waals surface area contributed by atoms with Crippen LogP contribution in [0, 0.1) is 0 Å². The van der Waals surface area contributed by atoms with E-state index in [1.165, 1.54) is 37.8 Å². The number of rotatable bonds is 5. The molecule has 0 atom stereocenters. The number of carbonyl (C=O) groups is 1. The minimum Gasteiger partial charge on any atom is -0.508 e. The van der Waals surface area contributed by atoms with Crippen molar-refractivity contribution in [3.8, 4) is 5.75 Å². The number of phenolic OH excluding ortho intramolecular Hbond substituents is 1. The lowest BCUT2D eigenvalue weighted by molar-refractivity contribution is 0.103. The molecule has 0 bridgehead atoms. The van der Waals surface area contributed by atoms with Gasteiger partial charge in [0.2, 0.25) is 0 Å². The standard InChI is InChI=1S/C13H10O2.C6H14/c14-12-8-6-11(7-9-12)13(15)10-4-2-1-3-5-10;1-3-5-6-4-2/h1-9,14H;3-6H2,1-2H3. The summed E-state index contributed by atoms with van der Waals surface area (Å²) in [5.41, 5.74) is 1.24. The maximum absolute atomic E-state index is 11.9. The number of hydrogen-bond acceptors (Lipinski definition) is 2. The molecule has 2 nitrogen and oxygen atoms in total. The summed E-state index contributed by atoms with van der Waals surface area (Å²) < 4.78 is 0. The van der Waals surface area contributed by atoms with Crippen LogP contribution in [-0.4, -0.2) is 10.9 Å². The van der Waals surface area contributed by atoms with Crippen LogP contribution in [0.3, 0.4) is 0 Å². The number of ketones is 1. The summed E-state index contributed by atoms with van der Waals surface area (Å²) in [6.07, 6.45) is 5.54. The van der Waals surface area contributed by atoms with Crippen LogP contribution in [0.5, 0.6) is 5.75 Å². The molecule has 0 spiro atoms. The Morgan fingerprint density at radius 3 is 1.76 bits per heavy atom. The SMILES string of the molecule is CCCCCC.O=C(c1ccccc1)c1ccc(O)cc1. The molecule has 0 heterocycles. The van der Waals surface area contributed by atoms with Crippen molar-refractivity contribution in [1.82, 2.24) is 0 Å². The van der Waals surface area contributed by atoms with Crippen molar-refractivity contribution >= 4 is 5.78 Å². The van der Waals surface area contributed by atoms with Gasteiger partial charge in [-0.05, 0) is 24.3 Å². The molecular weight excluding hydrogens is 260 g/mol. The van der Waals surface area contributed by atoms with E-state index in [-0.39, 0.29) is 11.5 Å². The summed E-state index contributed by atoms with van der Waals surface area (Å²) in [7, 11) is 0. The maximum atomic E-state index is 11.9. The lowest BCUT2D eigenvalue weighted by Crippen LogP contribution is -1.99. The topological polar surface area (TPSA) is 37.3 Å². The monoisotopic (exact) mass is 284 g/mol. The molecule has 2 aromatic rings. The highest BCUT2D eigenvalue weighted by Gasteiger charge is 2.07. The van der Waals surface area contributed by atoms with E-state index in [2.05, 4.69) is 13.8 Å². The van der Waals surface area contributed by atoms with Crippen LogP contribution >= 0.6 is 0 Å². The zero-order valence-electron chi connectivity index (χ0n) is 12.9. The summed E-state index contributed by atoms with van der Waals surface area (Å²) >= 11 is 0. The minimum absolute atomic E-state index is 0.0319. The van der Waals surface area contributed by atoms with Gasteiger partial charge in [0.05, 0.1) is 0 Å². The number of hydrogen-bond donors (Lipinski definition) is 1. The van der Waals surface area contributed by atoms with E-state index in [0.717, 1.165) is 0 Å². The van der Waals surface area contributed by atoms with Crippen LogP contribution in [0.2, 0.25) is 0 Å². The van der Waals surface area contributed by atoms with Gasteiger partial charge >= 0.3 is 0 Å². The number of benzene rings is 2. The Morgan fingerprint density at radius 2 is 1.29 bits per heavy atom. The van der Waals surface area contributed by atoms with Gasteiger partial charge in [-0.25, -0.2) is 0 Å². The Labute approximate surface area is 127 Å². The molecule has 0 aliphatic carbocycles. The largest absolute Gasteiger partial charge is 0.508 e. The van der Waals surface area contributed by atoms with Crippen LogP contribution < -0.4 is 0 Å². The summed E-state index contributed by atoms with van der Waals surface area (Å²) in [4.78, 5) is 11.9. The molecule has 2 heteroatoms. The molecular formula is C19H24O2. The second-order valence-electron chi connectivity index (χ2n) is 4.95. The van der Waals surface area contributed by atoms with Gasteiger partial charge in [-0.3, -0.25) is 4.79 Å². The van der Waals surface area contributed by atoms with Gasteiger partial charge in [0.15, 0.2) is 5.78 Å². The maximum Gasteiger partial charge on any atom is 0.193 e. The number of unbranched alkanes of at least 4 members (excludes halogenated alkanes) is 3. The molecule has 2 aromatic carbocycles. The van der Waals surface area contributed by atoms with Gasteiger partial charge in [0, 0.05) is 11.1 Å². The predicted molar refractivity (Wildman–Crippen MR) is 87.8 cm³/mol. The lowest BCUT2D eigenvalue weighted by Gasteiger charge is -2.00. The van der Waals surface area contributed by atoms with E-state index < -0.39 is 0 Å². The molecule has 0 aliphatic rings. The van der Waals surface area contributed by atoms with Gasteiger partial charge < -0.3 is 5.11 Å². The average molecular weight is 284 g/mol. The van der Waals surface area contributed by atoms with E-state index >= 15 is 0 Å². The van der Waals surface area contributed by atoms with Gasteiger partial charge in [-0.2, -0.15) is 0 Å². The Morgan fingerprint density at radius 1 is 0.810 bits per heavy atom. The second-order valence-corrected chi connectivity index (χ2v) is 4.95. The van der Waals surface area contributed by atoms with Crippen molar-refractivity contribution < 1.29 is 9.90 Å². The number of carbonyl (C=O) groups excluding carboxylic acids is 1. The third-order valence-corrected chi connectivity index (χ3v) is 3.12. The van der Waals surface area contributed by atoms with Crippen LogP contribution in [0.1, 0.15) is 55.5 Å². The predicted octanol–water partition coefficient (Wildman–Crippen LogP) is 5.21. The summed E-state index contributed by atoms with van der Waals surface area (Å²) in [6, 6.07) is 15.3. The minimum atomic E-state index is -0.0319. The molecule has 2 rings (SSSR count). The van der Waals surface area contributed by atoms with E-state index in [1.807, 2.05) is 18.2 Å². The van der Waals surface area contributed by atoms with Crippen molar-refractivity contribution in [2.75, 3.05) is 0 Å². The highest BCUT2D eigenvalue weighted by Crippen LogP contribution is 2.13. The van der Waals surface area contributed by atoms with Crippen LogP contribution in [0.15, 0.2) is 54.6 Å². The smallest absolute Gasteiger partial charge is 0.193 e. The molecule has 0 radical (unpaired) electrons. The molecule has 0 aromatic heterocycles. The van der Waals surface area contributed by atoms with Gasteiger partial charge in [0.25, 0.3) is 0 Å². The van der Waals surface area contributed by atoms with Gasteiger partial charge in [-0.15, -0.1) is 0 Å². The molecule has 0 fully saturated rings. The quantitative estimate of drug-likeness (QED) is 0.604. The highest BCUT2D eigenvalue weighted by molar-refractivity contribution is 6.08. The number of phenols is 1. The zero-order valence-corrected chi connectivity index (χ0v) is 12.9. The Bertz CT molecular complexity index is 511. The van der Waals surface area contributed by atoms with Crippen molar-refractivity contribution in [3.05, 3.63) is 65.7 Å². The normalized spacial score (nSPS) is 9.62. The number of aromatic hydroxyl groups is 1. The van der Waals surface area contributed by atoms with Gasteiger partial charge in [-0.1, -0.05) is 69.9 Å². The first-order valence-electron chi connectivity index (χ1n) is 7.57. The van der Waals surface area contributed by atoms with Crippen LogP contribution in [-0.2, 0) is 0 Å². The summed E-state index contributed by atoms with van der Waals surface area (Å²) in [5.74, 6) is 0.134. The fourth-order valence-corrected chi connectivity index (χ4v) is 1.87.